The number of rotatable bonds is 5. The summed E-state index contributed by atoms with van der Waals surface area (Å²) >= 11 is 0. The first-order valence-electron chi connectivity index (χ1n) is 7.43. The molecule has 2 aliphatic rings. The number of carbonyl (C=O) groups is 1. The average molecular weight is 291 g/mol. The van der Waals surface area contributed by atoms with Gasteiger partial charge in [0, 0.05) is 13.2 Å². The van der Waals surface area contributed by atoms with Crippen molar-refractivity contribution in [2.45, 2.75) is 25.0 Å². The Kier molecular flexibility index (Phi) is 4.41. The highest BCUT2D eigenvalue weighted by molar-refractivity contribution is 5.94. The van der Waals surface area contributed by atoms with Gasteiger partial charge in [0.05, 0.1) is 37.2 Å². The third-order valence-corrected chi connectivity index (χ3v) is 4.25. The van der Waals surface area contributed by atoms with Crippen molar-refractivity contribution in [3.63, 3.8) is 0 Å². The first kappa shape index (κ1) is 14.4. The zero-order chi connectivity index (χ0) is 14.7. The topological polar surface area (TPSA) is 51.9 Å². The summed E-state index contributed by atoms with van der Waals surface area (Å²) in [5.74, 6) is 0.479. The fraction of sp³-hybridized carbons (Fsp3) is 0.562. The number of furan rings is 1. The van der Waals surface area contributed by atoms with Crippen LogP contribution in [0.3, 0.4) is 0 Å². The lowest BCUT2D eigenvalue weighted by atomic mass is 10.1. The number of ether oxygens (including phenoxy) is 2. The molecule has 0 spiro atoms. The van der Waals surface area contributed by atoms with Gasteiger partial charge in [0.2, 0.25) is 0 Å². The monoisotopic (exact) mass is 291 g/mol. The van der Waals surface area contributed by atoms with Gasteiger partial charge in [-0.05, 0) is 24.8 Å². The van der Waals surface area contributed by atoms with Crippen LogP contribution in [-0.2, 0) is 9.47 Å². The Bertz CT molecular complexity index is 484. The molecule has 0 unspecified atom stereocenters. The average Bonchev–Trinajstić information content (AvgIpc) is 3.15. The molecule has 114 valence electrons. The maximum atomic E-state index is 12.5. The number of hydrogen-bond donors (Lipinski definition) is 0. The van der Waals surface area contributed by atoms with Crippen molar-refractivity contribution in [3.05, 3.63) is 36.8 Å². The van der Waals surface area contributed by atoms with Crippen LogP contribution in [0.5, 0.6) is 0 Å². The van der Waals surface area contributed by atoms with Crippen molar-refractivity contribution in [2.24, 2.45) is 5.92 Å². The van der Waals surface area contributed by atoms with E-state index in [0.717, 1.165) is 12.8 Å². The van der Waals surface area contributed by atoms with E-state index >= 15 is 0 Å². The Morgan fingerprint density at radius 3 is 3.19 bits per heavy atom. The first-order valence-corrected chi connectivity index (χ1v) is 7.43. The van der Waals surface area contributed by atoms with Gasteiger partial charge in [0.15, 0.2) is 0 Å². The van der Waals surface area contributed by atoms with Crippen LogP contribution in [0.15, 0.2) is 35.7 Å². The minimum absolute atomic E-state index is 0.0368. The zero-order valence-electron chi connectivity index (χ0n) is 12.1. The molecule has 2 heterocycles. The van der Waals surface area contributed by atoms with Crippen LogP contribution in [0, 0.1) is 5.92 Å². The predicted molar refractivity (Wildman–Crippen MR) is 77.0 cm³/mol. The summed E-state index contributed by atoms with van der Waals surface area (Å²) in [6.07, 6.45) is 6.82. The van der Waals surface area contributed by atoms with Crippen LogP contribution >= 0.6 is 0 Å². The van der Waals surface area contributed by atoms with Crippen molar-refractivity contribution in [1.82, 2.24) is 4.90 Å². The van der Waals surface area contributed by atoms with Crippen LogP contribution in [0.4, 0.5) is 0 Å². The maximum Gasteiger partial charge on any atom is 0.257 e. The SMILES string of the molecule is C=CCOC[C@H]1C[C@@H]2[C@@H](C1)OCCN2C(=O)c1ccoc1. The van der Waals surface area contributed by atoms with E-state index in [-0.39, 0.29) is 18.1 Å². The first-order chi connectivity index (χ1) is 10.3. The summed E-state index contributed by atoms with van der Waals surface area (Å²) in [5, 5.41) is 0. The minimum Gasteiger partial charge on any atom is -0.472 e. The second-order valence-corrected chi connectivity index (χ2v) is 5.65. The lowest BCUT2D eigenvalue weighted by molar-refractivity contribution is -0.0449. The van der Waals surface area contributed by atoms with Gasteiger partial charge in [0.25, 0.3) is 5.91 Å². The Labute approximate surface area is 124 Å². The molecule has 1 saturated heterocycles. The molecule has 2 fully saturated rings. The number of nitrogens with zero attached hydrogens (tertiary/aromatic N) is 1. The molecule has 0 N–H and O–H groups in total. The predicted octanol–water partition coefficient (Wildman–Crippen LogP) is 2.10. The lowest BCUT2D eigenvalue weighted by Gasteiger charge is -2.37. The van der Waals surface area contributed by atoms with Crippen molar-refractivity contribution >= 4 is 5.91 Å². The number of morpholine rings is 1. The van der Waals surface area contributed by atoms with E-state index in [1.54, 1.807) is 12.1 Å². The van der Waals surface area contributed by atoms with Crippen LogP contribution < -0.4 is 0 Å². The molecule has 1 amide bonds. The minimum atomic E-state index is 0.0368. The van der Waals surface area contributed by atoms with Crippen LogP contribution in [0.2, 0.25) is 0 Å². The summed E-state index contributed by atoms with van der Waals surface area (Å²) in [6.45, 7) is 6.17. The number of carbonyl (C=O) groups excluding carboxylic acids is 1. The summed E-state index contributed by atoms with van der Waals surface area (Å²) in [5.41, 5.74) is 0.613. The molecular formula is C16H21NO4. The summed E-state index contributed by atoms with van der Waals surface area (Å²) < 4.78 is 16.4. The lowest BCUT2D eigenvalue weighted by Crippen LogP contribution is -2.51. The quantitative estimate of drug-likeness (QED) is 0.616. The van der Waals surface area contributed by atoms with Gasteiger partial charge in [-0.2, -0.15) is 0 Å². The van der Waals surface area contributed by atoms with Gasteiger partial charge in [-0.1, -0.05) is 6.08 Å². The smallest absolute Gasteiger partial charge is 0.257 e. The highest BCUT2D eigenvalue weighted by Gasteiger charge is 2.43. The van der Waals surface area contributed by atoms with Gasteiger partial charge in [-0.3, -0.25) is 4.79 Å². The van der Waals surface area contributed by atoms with E-state index in [1.807, 2.05) is 4.90 Å². The third kappa shape index (κ3) is 3.04. The van der Waals surface area contributed by atoms with Crippen LogP contribution in [-0.4, -0.2) is 49.3 Å². The molecule has 1 aliphatic heterocycles. The molecule has 1 aromatic heterocycles. The second-order valence-electron chi connectivity index (χ2n) is 5.65. The summed E-state index contributed by atoms with van der Waals surface area (Å²) in [6, 6.07) is 1.87. The van der Waals surface area contributed by atoms with E-state index < -0.39 is 0 Å². The molecule has 0 aromatic carbocycles. The Balaban J connectivity index is 1.64. The second kappa shape index (κ2) is 6.45. The molecular weight excluding hydrogens is 270 g/mol. The molecule has 5 heteroatoms. The highest BCUT2D eigenvalue weighted by Crippen LogP contribution is 2.35. The van der Waals surface area contributed by atoms with Gasteiger partial charge in [-0.25, -0.2) is 0 Å². The fourth-order valence-electron chi connectivity index (χ4n) is 3.31. The number of fused-ring (bicyclic) bond motifs is 1. The molecule has 3 atom stereocenters. The van der Waals surface area contributed by atoms with Crippen molar-refractivity contribution < 1.29 is 18.7 Å². The van der Waals surface area contributed by atoms with Crippen LogP contribution in [0.25, 0.3) is 0 Å². The molecule has 21 heavy (non-hydrogen) atoms. The van der Waals surface area contributed by atoms with Crippen molar-refractivity contribution in [1.29, 1.82) is 0 Å². The highest BCUT2D eigenvalue weighted by atomic mass is 16.5. The fourth-order valence-corrected chi connectivity index (χ4v) is 3.31. The summed E-state index contributed by atoms with van der Waals surface area (Å²) in [4.78, 5) is 14.5. The summed E-state index contributed by atoms with van der Waals surface area (Å²) in [7, 11) is 0. The Morgan fingerprint density at radius 1 is 1.52 bits per heavy atom. The largest absolute Gasteiger partial charge is 0.472 e. The Hall–Kier alpha value is -1.59. The standard InChI is InChI=1S/C16H21NO4/c1-2-5-19-10-12-8-14-15(9-12)21-7-4-17(14)16(18)13-3-6-20-11-13/h2-3,6,11-12,14-15H,1,4-5,7-10H2/t12-,14+,15+/m0/s1. The molecule has 0 bridgehead atoms. The van der Waals surface area contributed by atoms with Gasteiger partial charge in [0.1, 0.15) is 6.26 Å². The molecule has 0 radical (unpaired) electrons. The van der Waals surface area contributed by atoms with Gasteiger partial charge in [-0.15, -0.1) is 6.58 Å². The van der Waals surface area contributed by atoms with Crippen LogP contribution in [0.1, 0.15) is 23.2 Å². The molecule has 1 saturated carbocycles. The van der Waals surface area contributed by atoms with Gasteiger partial charge >= 0.3 is 0 Å². The van der Waals surface area contributed by atoms with E-state index in [1.165, 1.54) is 12.5 Å². The number of amides is 1. The van der Waals surface area contributed by atoms with E-state index in [9.17, 15) is 4.79 Å². The zero-order valence-corrected chi connectivity index (χ0v) is 12.1. The maximum absolute atomic E-state index is 12.5. The molecule has 1 aromatic rings. The van der Waals surface area contributed by atoms with Crippen molar-refractivity contribution in [2.75, 3.05) is 26.4 Å². The third-order valence-electron chi connectivity index (χ3n) is 4.25. The van der Waals surface area contributed by atoms with E-state index in [4.69, 9.17) is 13.9 Å². The number of hydrogen-bond acceptors (Lipinski definition) is 4. The normalized spacial score (nSPS) is 28.4. The van der Waals surface area contributed by atoms with E-state index in [0.29, 0.717) is 37.8 Å². The molecule has 1 aliphatic carbocycles. The molecule has 3 rings (SSSR count). The van der Waals surface area contributed by atoms with Gasteiger partial charge < -0.3 is 18.8 Å². The van der Waals surface area contributed by atoms with E-state index in [2.05, 4.69) is 6.58 Å². The molecule has 5 nitrogen and oxygen atoms in total. The Morgan fingerprint density at radius 2 is 2.43 bits per heavy atom. The van der Waals surface area contributed by atoms with Crippen molar-refractivity contribution in [3.8, 4) is 0 Å².